The van der Waals surface area contributed by atoms with Gasteiger partial charge in [-0.05, 0) is 36.3 Å². The van der Waals surface area contributed by atoms with Gasteiger partial charge in [0.1, 0.15) is 17.2 Å². The van der Waals surface area contributed by atoms with Gasteiger partial charge in [0.25, 0.3) is 0 Å². The highest BCUT2D eigenvalue weighted by Gasteiger charge is 2.52. The quantitative estimate of drug-likeness (QED) is 0.697. The van der Waals surface area contributed by atoms with Crippen molar-refractivity contribution < 1.29 is 27.8 Å². The van der Waals surface area contributed by atoms with E-state index in [0.717, 1.165) is 12.1 Å². The molecule has 1 aliphatic heterocycles. The van der Waals surface area contributed by atoms with E-state index in [1.54, 1.807) is 6.08 Å². The van der Waals surface area contributed by atoms with Crippen molar-refractivity contribution >= 4 is 5.78 Å². The first-order valence-electron chi connectivity index (χ1n) is 8.99. The van der Waals surface area contributed by atoms with Crippen LogP contribution in [0.25, 0.3) is 0 Å². The number of hydrogen-bond donors (Lipinski definition) is 0. The van der Waals surface area contributed by atoms with Crippen LogP contribution in [-0.2, 0) is 20.7 Å². The number of ether oxygens (including phenoxy) is 3. The number of ketones is 1. The zero-order valence-corrected chi connectivity index (χ0v) is 15.8. The molecule has 146 valence electrons. The van der Waals surface area contributed by atoms with Gasteiger partial charge in [-0.25, -0.2) is 8.78 Å². The Morgan fingerprint density at radius 2 is 2.11 bits per heavy atom. The maximum Gasteiger partial charge on any atom is 0.189 e. The van der Waals surface area contributed by atoms with Crippen LogP contribution in [-0.4, -0.2) is 25.3 Å². The molecule has 0 saturated carbocycles. The van der Waals surface area contributed by atoms with Crippen molar-refractivity contribution in [2.45, 2.75) is 32.3 Å². The second-order valence-corrected chi connectivity index (χ2v) is 7.30. The number of halogens is 2. The lowest BCUT2D eigenvalue weighted by atomic mass is 9.69. The van der Waals surface area contributed by atoms with Crippen molar-refractivity contribution in [1.82, 2.24) is 0 Å². The monoisotopic (exact) mass is 378 g/mol. The van der Waals surface area contributed by atoms with Gasteiger partial charge < -0.3 is 14.2 Å². The van der Waals surface area contributed by atoms with Gasteiger partial charge in [0.2, 0.25) is 0 Å². The summed E-state index contributed by atoms with van der Waals surface area (Å²) in [6.45, 7) is 7.65. The maximum absolute atomic E-state index is 14.4. The molecule has 0 N–H and O–H groups in total. The Morgan fingerprint density at radius 3 is 2.78 bits per heavy atom. The Hall–Kier alpha value is -2.21. The molecule has 6 heteroatoms. The van der Waals surface area contributed by atoms with Gasteiger partial charge in [0.05, 0.1) is 7.11 Å². The van der Waals surface area contributed by atoms with Gasteiger partial charge in [-0.1, -0.05) is 19.9 Å². The molecule has 2 aliphatic rings. The molecule has 27 heavy (non-hydrogen) atoms. The Bertz CT molecular complexity index is 789. The molecule has 4 nitrogen and oxygen atoms in total. The Kier molecular flexibility index (Phi) is 5.38. The zero-order chi connectivity index (χ0) is 19.8. The van der Waals surface area contributed by atoms with E-state index in [9.17, 15) is 13.6 Å². The van der Waals surface area contributed by atoms with Crippen LogP contribution in [0.5, 0.6) is 5.75 Å². The minimum Gasteiger partial charge on any atom is -0.494 e. The standard InChI is InChI=1S/C21H24F2O4/c1-5-12(2)15-10-21(20(9-18(15)24)26-11-27-21)13(3)6-14-7-17(23)19(25-4)8-16(14)22/h5,7-9,12-13,15H,1,6,10-11H2,2-4H3/t12?,13?,15?,21-/m0/s1. The summed E-state index contributed by atoms with van der Waals surface area (Å²) in [4.78, 5) is 12.4. The molecule has 1 saturated heterocycles. The summed E-state index contributed by atoms with van der Waals surface area (Å²) < 4.78 is 44.8. The van der Waals surface area contributed by atoms with Crippen LogP contribution in [0, 0.1) is 29.4 Å². The largest absolute Gasteiger partial charge is 0.494 e. The van der Waals surface area contributed by atoms with E-state index in [-0.39, 0.29) is 48.1 Å². The molecule has 3 unspecified atom stereocenters. The fourth-order valence-electron chi connectivity index (χ4n) is 3.95. The number of hydrogen-bond acceptors (Lipinski definition) is 4. The van der Waals surface area contributed by atoms with Crippen LogP contribution < -0.4 is 4.74 Å². The van der Waals surface area contributed by atoms with E-state index < -0.39 is 17.2 Å². The van der Waals surface area contributed by atoms with Crippen LogP contribution in [0.15, 0.2) is 36.6 Å². The Morgan fingerprint density at radius 1 is 1.37 bits per heavy atom. The van der Waals surface area contributed by atoms with E-state index in [0.29, 0.717) is 12.2 Å². The molecule has 0 bridgehead atoms. The molecule has 1 fully saturated rings. The first-order chi connectivity index (χ1) is 12.8. The first kappa shape index (κ1) is 19.5. The third-order valence-electron chi connectivity index (χ3n) is 5.76. The highest BCUT2D eigenvalue weighted by atomic mass is 19.1. The summed E-state index contributed by atoms with van der Waals surface area (Å²) in [6, 6.07) is 2.20. The predicted molar refractivity (Wildman–Crippen MR) is 96.1 cm³/mol. The second kappa shape index (κ2) is 7.43. The number of allylic oxidation sites excluding steroid dienone is 2. The highest BCUT2D eigenvalue weighted by Crippen LogP contribution is 2.47. The normalized spacial score (nSPS) is 26.6. The first-order valence-corrected chi connectivity index (χ1v) is 8.99. The SMILES string of the molecule is C=CC(C)C1C[C@@]2(C(C)Cc3cc(F)c(OC)cc3F)OCOC2=CC1=O. The van der Waals surface area contributed by atoms with Gasteiger partial charge in [0.15, 0.2) is 24.1 Å². The molecule has 3 rings (SSSR count). The molecule has 0 amide bonds. The van der Waals surface area contributed by atoms with Crippen molar-refractivity contribution in [2.24, 2.45) is 17.8 Å². The average Bonchev–Trinajstić information content (AvgIpc) is 3.06. The molecule has 0 aromatic heterocycles. The lowest BCUT2D eigenvalue weighted by Crippen LogP contribution is -2.46. The average molecular weight is 378 g/mol. The van der Waals surface area contributed by atoms with Gasteiger partial charge in [-0.3, -0.25) is 4.79 Å². The van der Waals surface area contributed by atoms with Crippen LogP contribution in [0.1, 0.15) is 25.8 Å². The second-order valence-electron chi connectivity index (χ2n) is 7.30. The molecule has 1 aliphatic carbocycles. The van der Waals surface area contributed by atoms with Gasteiger partial charge in [-0.2, -0.15) is 0 Å². The van der Waals surface area contributed by atoms with Gasteiger partial charge in [0, 0.05) is 18.1 Å². The number of rotatable bonds is 6. The van der Waals surface area contributed by atoms with Crippen LogP contribution in [0.3, 0.4) is 0 Å². The van der Waals surface area contributed by atoms with E-state index in [1.807, 2.05) is 13.8 Å². The van der Waals surface area contributed by atoms with Crippen LogP contribution in [0.2, 0.25) is 0 Å². The summed E-state index contributed by atoms with van der Waals surface area (Å²) >= 11 is 0. The molecule has 0 spiro atoms. The van der Waals surface area contributed by atoms with Crippen LogP contribution >= 0.6 is 0 Å². The Labute approximate surface area is 157 Å². The fraction of sp³-hybridized carbons (Fsp3) is 0.476. The predicted octanol–water partition coefficient (Wildman–Crippen LogP) is 4.19. The Balaban J connectivity index is 1.91. The van der Waals surface area contributed by atoms with Crippen molar-refractivity contribution in [3.63, 3.8) is 0 Å². The van der Waals surface area contributed by atoms with E-state index in [1.165, 1.54) is 13.2 Å². The van der Waals surface area contributed by atoms with E-state index >= 15 is 0 Å². The lowest BCUT2D eigenvalue weighted by molar-refractivity contribution is -0.124. The summed E-state index contributed by atoms with van der Waals surface area (Å²) in [5.41, 5.74) is -0.603. The molecule has 1 aromatic carbocycles. The summed E-state index contributed by atoms with van der Waals surface area (Å²) in [7, 11) is 1.29. The third kappa shape index (κ3) is 3.38. The molecule has 1 aromatic rings. The number of benzene rings is 1. The summed E-state index contributed by atoms with van der Waals surface area (Å²) in [5, 5.41) is 0. The topological polar surface area (TPSA) is 44.8 Å². The minimum absolute atomic E-state index is 0.0209. The molecule has 1 heterocycles. The maximum atomic E-state index is 14.4. The molecular weight excluding hydrogens is 354 g/mol. The number of methoxy groups -OCH3 is 1. The van der Waals surface area contributed by atoms with E-state index in [2.05, 4.69) is 6.58 Å². The van der Waals surface area contributed by atoms with Gasteiger partial charge >= 0.3 is 0 Å². The molecular formula is C21H24F2O4. The minimum atomic E-state index is -0.835. The zero-order valence-electron chi connectivity index (χ0n) is 15.8. The molecule has 4 atom stereocenters. The van der Waals surface area contributed by atoms with Crippen LogP contribution in [0.4, 0.5) is 8.78 Å². The number of carbonyl (C=O) groups is 1. The highest BCUT2D eigenvalue weighted by molar-refractivity contribution is 5.94. The summed E-state index contributed by atoms with van der Waals surface area (Å²) in [6.07, 6.45) is 3.89. The molecule has 0 radical (unpaired) electrons. The van der Waals surface area contributed by atoms with Gasteiger partial charge in [-0.15, -0.1) is 6.58 Å². The smallest absolute Gasteiger partial charge is 0.189 e. The van der Waals surface area contributed by atoms with Crippen molar-refractivity contribution in [1.29, 1.82) is 0 Å². The summed E-state index contributed by atoms with van der Waals surface area (Å²) in [5.74, 6) is -1.38. The number of fused-ring (bicyclic) bond motifs is 1. The number of carbonyl (C=O) groups excluding carboxylic acids is 1. The lowest BCUT2D eigenvalue weighted by Gasteiger charge is -2.39. The van der Waals surface area contributed by atoms with Crippen molar-refractivity contribution in [2.75, 3.05) is 13.9 Å². The van der Waals surface area contributed by atoms with Crippen molar-refractivity contribution in [3.05, 3.63) is 53.8 Å². The van der Waals surface area contributed by atoms with E-state index in [4.69, 9.17) is 14.2 Å². The fourth-order valence-corrected chi connectivity index (χ4v) is 3.95. The van der Waals surface area contributed by atoms with Crippen molar-refractivity contribution in [3.8, 4) is 5.75 Å². The third-order valence-corrected chi connectivity index (χ3v) is 5.76.